The molecule has 2 rings (SSSR count). The van der Waals surface area contributed by atoms with E-state index < -0.39 is 0 Å². The number of amides is 1. The standard InChI is InChI=1S/C16H25N3O2/c1-21-13-8-17-14-16(20)19-10-5-9-18(11-12-19)15-6-3-2-4-7-15/h2-4,6-7,17H,5,8-14H2,1H3. The minimum absolute atomic E-state index is 0.181. The number of nitrogens with zero attached hydrogens (tertiary/aromatic N) is 2. The third-order valence-electron chi connectivity index (χ3n) is 3.73. The van der Waals surface area contributed by atoms with Crippen LogP contribution in [-0.2, 0) is 9.53 Å². The van der Waals surface area contributed by atoms with Crippen LogP contribution in [0.5, 0.6) is 0 Å². The Morgan fingerprint density at radius 1 is 1.19 bits per heavy atom. The van der Waals surface area contributed by atoms with Crippen molar-refractivity contribution in [3.8, 4) is 0 Å². The normalized spacial score (nSPS) is 15.9. The van der Waals surface area contributed by atoms with Gasteiger partial charge < -0.3 is 19.9 Å². The number of benzene rings is 1. The predicted octanol–water partition coefficient (Wildman–Crippen LogP) is 0.961. The highest BCUT2D eigenvalue weighted by atomic mass is 16.5. The van der Waals surface area contributed by atoms with Crippen LogP contribution in [0.3, 0.4) is 0 Å². The summed E-state index contributed by atoms with van der Waals surface area (Å²) in [5, 5.41) is 3.12. The predicted molar refractivity (Wildman–Crippen MR) is 84.6 cm³/mol. The molecule has 0 aromatic heterocycles. The van der Waals surface area contributed by atoms with Crippen molar-refractivity contribution in [2.24, 2.45) is 0 Å². The second-order valence-corrected chi connectivity index (χ2v) is 5.23. The van der Waals surface area contributed by atoms with Crippen LogP contribution in [-0.4, -0.2) is 63.8 Å². The van der Waals surface area contributed by atoms with Crippen molar-refractivity contribution in [1.82, 2.24) is 10.2 Å². The van der Waals surface area contributed by atoms with E-state index in [2.05, 4.69) is 34.5 Å². The monoisotopic (exact) mass is 291 g/mol. The van der Waals surface area contributed by atoms with Gasteiger partial charge in [-0.1, -0.05) is 18.2 Å². The van der Waals surface area contributed by atoms with Gasteiger partial charge in [0.1, 0.15) is 0 Å². The van der Waals surface area contributed by atoms with Crippen LogP contribution in [0.4, 0.5) is 5.69 Å². The number of hydrogen-bond acceptors (Lipinski definition) is 4. The number of carbonyl (C=O) groups is 1. The first-order valence-corrected chi connectivity index (χ1v) is 7.58. The number of anilines is 1. The lowest BCUT2D eigenvalue weighted by molar-refractivity contribution is -0.130. The highest BCUT2D eigenvalue weighted by molar-refractivity contribution is 5.78. The number of methoxy groups -OCH3 is 1. The molecule has 0 radical (unpaired) electrons. The third-order valence-corrected chi connectivity index (χ3v) is 3.73. The maximum absolute atomic E-state index is 12.2. The molecular weight excluding hydrogens is 266 g/mol. The molecule has 1 heterocycles. The Kier molecular flexibility index (Phi) is 6.50. The summed E-state index contributed by atoms with van der Waals surface area (Å²) < 4.78 is 4.96. The lowest BCUT2D eigenvalue weighted by Gasteiger charge is -2.23. The number of carbonyl (C=O) groups excluding carboxylic acids is 1. The smallest absolute Gasteiger partial charge is 0.236 e. The van der Waals surface area contributed by atoms with E-state index in [1.165, 1.54) is 5.69 Å². The van der Waals surface area contributed by atoms with Gasteiger partial charge in [0.2, 0.25) is 5.91 Å². The van der Waals surface area contributed by atoms with Crippen LogP contribution in [0.25, 0.3) is 0 Å². The van der Waals surface area contributed by atoms with Crippen molar-refractivity contribution < 1.29 is 9.53 Å². The summed E-state index contributed by atoms with van der Waals surface area (Å²) in [6.45, 7) is 5.28. The average Bonchev–Trinajstić information content (AvgIpc) is 2.78. The summed E-state index contributed by atoms with van der Waals surface area (Å²) in [5.74, 6) is 0.181. The molecule has 21 heavy (non-hydrogen) atoms. The molecule has 1 fully saturated rings. The van der Waals surface area contributed by atoms with Gasteiger partial charge in [-0.2, -0.15) is 0 Å². The summed E-state index contributed by atoms with van der Waals surface area (Å²) in [6, 6.07) is 10.4. The Balaban J connectivity index is 1.79. The van der Waals surface area contributed by atoms with Crippen molar-refractivity contribution in [2.45, 2.75) is 6.42 Å². The topological polar surface area (TPSA) is 44.8 Å². The van der Waals surface area contributed by atoms with Crippen LogP contribution < -0.4 is 10.2 Å². The average molecular weight is 291 g/mol. The second-order valence-electron chi connectivity index (χ2n) is 5.23. The minimum atomic E-state index is 0.181. The number of hydrogen-bond donors (Lipinski definition) is 1. The van der Waals surface area contributed by atoms with Crippen molar-refractivity contribution in [3.05, 3.63) is 30.3 Å². The van der Waals surface area contributed by atoms with E-state index in [9.17, 15) is 4.79 Å². The minimum Gasteiger partial charge on any atom is -0.383 e. The third kappa shape index (κ3) is 5.02. The molecule has 1 aromatic carbocycles. The van der Waals surface area contributed by atoms with Gasteiger partial charge in [0.15, 0.2) is 0 Å². The van der Waals surface area contributed by atoms with Crippen LogP contribution in [0, 0.1) is 0 Å². The first-order chi connectivity index (χ1) is 10.3. The van der Waals surface area contributed by atoms with Crippen molar-refractivity contribution >= 4 is 11.6 Å². The summed E-state index contributed by atoms with van der Waals surface area (Å²) >= 11 is 0. The highest BCUT2D eigenvalue weighted by Gasteiger charge is 2.18. The molecule has 0 bridgehead atoms. The Morgan fingerprint density at radius 3 is 2.76 bits per heavy atom. The van der Waals surface area contributed by atoms with Crippen molar-refractivity contribution in [1.29, 1.82) is 0 Å². The molecule has 1 saturated heterocycles. The Hall–Kier alpha value is -1.59. The first-order valence-electron chi connectivity index (χ1n) is 7.58. The molecule has 5 nitrogen and oxygen atoms in total. The van der Waals surface area contributed by atoms with E-state index in [0.717, 1.165) is 32.6 Å². The zero-order valence-electron chi connectivity index (χ0n) is 12.8. The van der Waals surface area contributed by atoms with E-state index in [4.69, 9.17) is 4.74 Å². The van der Waals surface area contributed by atoms with Gasteiger partial charge in [0, 0.05) is 45.5 Å². The summed E-state index contributed by atoms with van der Waals surface area (Å²) in [4.78, 5) is 16.5. The zero-order chi connectivity index (χ0) is 14.9. The van der Waals surface area contributed by atoms with E-state index in [-0.39, 0.29) is 5.91 Å². The molecule has 116 valence electrons. The van der Waals surface area contributed by atoms with Gasteiger partial charge in [-0.15, -0.1) is 0 Å². The number of rotatable bonds is 6. The van der Waals surface area contributed by atoms with Crippen LogP contribution in [0.1, 0.15) is 6.42 Å². The Morgan fingerprint density at radius 2 is 2.00 bits per heavy atom. The maximum atomic E-state index is 12.2. The molecular formula is C16H25N3O2. The molecule has 1 aromatic rings. The largest absolute Gasteiger partial charge is 0.383 e. The molecule has 1 aliphatic rings. The van der Waals surface area contributed by atoms with Crippen LogP contribution >= 0.6 is 0 Å². The van der Waals surface area contributed by atoms with Gasteiger partial charge in [-0.25, -0.2) is 0 Å². The number of nitrogens with one attached hydrogen (secondary N) is 1. The summed E-state index contributed by atoms with van der Waals surface area (Å²) in [6.07, 6.45) is 1.01. The van der Waals surface area contributed by atoms with E-state index in [1.54, 1.807) is 7.11 Å². The number of para-hydroxylation sites is 1. The fraction of sp³-hybridized carbons (Fsp3) is 0.562. The molecule has 0 spiro atoms. The lowest BCUT2D eigenvalue weighted by Crippen LogP contribution is -2.41. The fourth-order valence-corrected chi connectivity index (χ4v) is 2.55. The van der Waals surface area contributed by atoms with Gasteiger partial charge >= 0.3 is 0 Å². The van der Waals surface area contributed by atoms with Crippen molar-refractivity contribution in [3.63, 3.8) is 0 Å². The van der Waals surface area contributed by atoms with E-state index in [1.807, 2.05) is 11.0 Å². The Labute approximate surface area is 126 Å². The molecule has 0 saturated carbocycles. The molecule has 5 heteroatoms. The van der Waals surface area contributed by atoms with E-state index >= 15 is 0 Å². The number of ether oxygens (including phenoxy) is 1. The zero-order valence-corrected chi connectivity index (χ0v) is 12.8. The summed E-state index contributed by atoms with van der Waals surface area (Å²) in [7, 11) is 1.66. The molecule has 1 N–H and O–H groups in total. The first kappa shape index (κ1) is 15.8. The molecule has 0 aliphatic carbocycles. The van der Waals surface area contributed by atoms with Crippen LogP contribution in [0.2, 0.25) is 0 Å². The molecule has 0 atom stereocenters. The van der Waals surface area contributed by atoms with Gasteiger partial charge in [0.05, 0.1) is 13.2 Å². The molecule has 0 unspecified atom stereocenters. The Bertz CT molecular complexity index is 425. The lowest BCUT2D eigenvalue weighted by atomic mass is 10.3. The van der Waals surface area contributed by atoms with Crippen molar-refractivity contribution in [2.75, 3.05) is 57.9 Å². The molecule has 1 amide bonds. The fourth-order valence-electron chi connectivity index (χ4n) is 2.55. The van der Waals surface area contributed by atoms with E-state index in [0.29, 0.717) is 19.7 Å². The summed E-state index contributed by atoms with van der Waals surface area (Å²) in [5.41, 5.74) is 1.24. The second kappa shape index (κ2) is 8.64. The van der Waals surface area contributed by atoms with Gasteiger partial charge in [-0.05, 0) is 18.6 Å². The van der Waals surface area contributed by atoms with Gasteiger partial charge in [0.25, 0.3) is 0 Å². The molecule has 1 aliphatic heterocycles. The SMILES string of the molecule is COCCNCC(=O)N1CCCN(c2ccccc2)CC1. The van der Waals surface area contributed by atoms with Crippen LogP contribution in [0.15, 0.2) is 30.3 Å². The maximum Gasteiger partial charge on any atom is 0.236 e. The highest BCUT2D eigenvalue weighted by Crippen LogP contribution is 2.15. The van der Waals surface area contributed by atoms with Gasteiger partial charge in [-0.3, -0.25) is 4.79 Å². The quantitative estimate of drug-likeness (QED) is 0.793.